The summed E-state index contributed by atoms with van der Waals surface area (Å²) < 4.78 is 7.35. The van der Waals surface area contributed by atoms with Gasteiger partial charge in [0, 0.05) is 17.8 Å². The molecule has 2 aromatic rings. The Morgan fingerprint density at radius 3 is 2.86 bits per heavy atom. The van der Waals surface area contributed by atoms with Crippen LogP contribution in [0.4, 0.5) is 11.6 Å². The highest BCUT2D eigenvalue weighted by molar-refractivity contribution is 5.92. The second-order valence-corrected chi connectivity index (χ2v) is 7.11. The van der Waals surface area contributed by atoms with Crippen LogP contribution in [0, 0.1) is 10.1 Å². The standard InChI is InChI=1S/C19H21N5O4/c1-12-16(18(25)28-15-8-3-2-4-9-15)17(23-19(22-12)20-11-21-23)13-6-5-7-14(10-13)24(26)27/h5-7,10-11,15,17H,2-4,8-9H2,1H3,(H,20,21,22)/t17-/m0/s1. The minimum absolute atomic E-state index is 0.0460. The van der Waals surface area contributed by atoms with E-state index in [0.29, 0.717) is 22.8 Å². The smallest absolute Gasteiger partial charge is 0.338 e. The van der Waals surface area contributed by atoms with Crippen molar-refractivity contribution in [1.82, 2.24) is 14.8 Å². The number of aromatic nitrogens is 3. The van der Waals surface area contributed by atoms with Gasteiger partial charge in [-0.05, 0) is 38.2 Å². The number of esters is 1. The molecule has 1 fully saturated rings. The monoisotopic (exact) mass is 383 g/mol. The molecule has 1 N–H and O–H groups in total. The van der Waals surface area contributed by atoms with E-state index in [4.69, 9.17) is 4.74 Å². The molecule has 9 nitrogen and oxygen atoms in total. The van der Waals surface area contributed by atoms with Crippen LogP contribution in [0.5, 0.6) is 0 Å². The number of carbonyl (C=O) groups excluding carboxylic acids is 1. The number of allylic oxidation sites excluding steroid dienone is 1. The van der Waals surface area contributed by atoms with Gasteiger partial charge in [0.25, 0.3) is 5.69 Å². The fraction of sp³-hybridized carbons (Fsp3) is 0.421. The molecule has 0 spiro atoms. The number of non-ortho nitro benzene ring substituents is 1. The van der Waals surface area contributed by atoms with Crippen molar-refractivity contribution in [3.63, 3.8) is 0 Å². The van der Waals surface area contributed by atoms with Crippen LogP contribution in [0.15, 0.2) is 41.9 Å². The highest BCUT2D eigenvalue weighted by Crippen LogP contribution is 2.37. The summed E-state index contributed by atoms with van der Waals surface area (Å²) in [6, 6.07) is 5.59. The molecular weight excluding hydrogens is 362 g/mol. The van der Waals surface area contributed by atoms with E-state index in [9.17, 15) is 14.9 Å². The van der Waals surface area contributed by atoms with Gasteiger partial charge in [0.1, 0.15) is 18.5 Å². The molecule has 1 saturated carbocycles. The van der Waals surface area contributed by atoms with Crippen LogP contribution in [0.1, 0.15) is 50.6 Å². The highest BCUT2D eigenvalue weighted by atomic mass is 16.6. The molecule has 1 atom stereocenters. The number of ether oxygens (including phenoxy) is 1. The van der Waals surface area contributed by atoms with E-state index < -0.39 is 16.9 Å². The Balaban J connectivity index is 1.73. The molecule has 2 aliphatic rings. The van der Waals surface area contributed by atoms with Crippen molar-refractivity contribution >= 4 is 17.6 Å². The van der Waals surface area contributed by atoms with Crippen molar-refractivity contribution in [2.24, 2.45) is 0 Å². The summed E-state index contributed by atoms with van der Waals surface area (Å²) in [6.07, 6.45) is 6.28. The number of anilines is 1. The van der Waals surface area contributed by atoms with Crippen LogP contribution in [-0.4, -0.2) is 31.8 Å². The second-order valence-electron chi connectivity index (χ2n) is 7.11. The predicted molar refractivity (Wildman–Crippen MR) is 101 cm³/mol. The molecule has 1 aromatic heterocycles. The molecule has 1 aliphatic carbocycles. The van der Waals surface area contributed by atoms with Gasteiger partial charge in [0.15, 0.2) is 0 Å². The summed E-state index contributed by atoms with van der Waals surface area (Å²) in [7, 11) is 0. The van der Waals surface area contributed by atoms with Crippen LogP contribution in [-0.2, 0) is 9.53 Å². The maximum Gasteiger partial charge on any atom is 0.338 e. The summed E-state index contributed by atoms with van der Waals surface area (Å²) >= 11 is 0. The van der Waals surface area contributed by atoms with Crippen LogP contribution < -0.4 is 5.32 Å². The second kappa shape index (κ2) is 7.41. The van der Waals surface area contributed by atoms with Gasteiger partial charge in [0.2, 0.25) is 5.95 Å². The Morgan fingerprint density at radius 1 is 1.32 bits per heavy atom. The number of carbonyl (C=O) groups is 1. The van der Waals surface area contributed by atoms with E-state index in [2.05, 4.69) is 15.4 Å². The van der Waals surface area contributed by atoms with Gasteiger partial charge >= 0.3 is 5.97 Å². The number of rotatable bonds is 4. The van der Waals surface area contributed by atoms with Crippen LogP contribution in [0.3, 0.4) is 0 Å². The number of hydrogen-bond acceptors (Lipinski definition) is 7. The molecule has 28 heavy (non-hydrogen) atoms. The minimum Gasteiger partial charge on any atom is -0.459 e. The quantitative estimate of drug-likeness (QED) is 0.489. The summed E-state index contributed by atoms with van der Waals surface area (Å²) in [5.41, 5.74) is 1.54. The lowest BCUT2D eigenvalue weighted by Gasteiger charge is -2.30. The van der Waals surface area contributed by atoms with Gasteiger partial charge in [-0.15, -0.1) is 0 Å². The zero-order chi connectivity index (χ0) is 19.7. The molecule has 9 heteroatoms. The Morgan fingerprint density at radius 2 is 2.11 bits per heavy atom. The minimum atomic E-state index is -0.644. The number of hydrogen-bond donors (Lipinski definition) is 1. The molecule has 146 valence electrons. The molecule has 2 heterocycles. The molecular formula is C19H21N5O4. The van der Waals surface area contributed by atoms with Crippen LogP contribution in [0.2, 0.25) is 0 Å². The maximum atomic E-state index is 13.1. The van der Waals surface area contributed by atoms with Crippen molar-refractivity contribution in [3.8, 4) is 0 Å². The van der Waals surface area contributed by atoms with E-state index >= 15 is 0 Å². The molecule has 0 radical (unpaired) electrons. The summed E-state index contributed by atoms with van der Waals surface area (Å²) in [5.74, 6) is 0.0535. The average molecular weight is 383 g/mol. The van der Waals surface area contributed by atoms with Crippen molar-refractivity contribution in [3.05, 3.63) is 57.5 Å². The number of fused-ring (bicyclic) bond motifs is 1. The number of nitrogens with one attached hydrogen (secondary N) is 1. The molecule has 0 amide bonds. The van der Waals surface area contributed by atoms with Gasteiger partial charge in [-0.1, -0.05) is 18.6 Å². The third kappa shape index (κ3) is 3.35. The fourth-order valence-corrected chi connectivity index (χ4v) is 3.87. The predicted octanol–water partition coefficient (Wildman–Crippen LogP) is 3.35. The first kappa shape index (κ1) is 18.1. The summed E-state index contributed by atoms with van der Waals surface area (Å²) in [5, 5.41) is 18.5. The molecule has 0 saturated heterocycles. The van der Waals surface area contributed by atoms with Gasteiger partial charge < -0.3 is 10.1 Å². The zero-order valence-corrected chi connectivity index (χ0v) is 15.5. The first-order valence-electron chi connectivity index (χ1n) is 9.37. The molecule has 1 aromatic carbocycles. The van der Waals surface area contributed by atoms with Crippen molar-refractivity contribution in [2.75, 3.05) is 5.32 Å². The number of nitro groups is 1. The first-order valence-corrected chi connectivity index (χ1v) is 9.37. The number of nitro benzene ring substituents is 1. The normalized spacial score (nSPS) is 19.7. The third-order valence-electron chi connectivity index (χ3n) is 5.24. The lowest BCUT2D eigenvalue weighted by Crippen LogP contribution is -2.32. The largest absolute Gasteiger partial charge is 0.459 e. The van der Waals surface area contributed by atoms with E-state index in [-0.39, 0.29) is 11.8 Å². The maximum absolute atomic E-state index is 13.1. The zero-order valence-electron chi connectivity index (χ0n) is 15.5. The fourth-order valence-electron chi connectivity index (χ4n) is 3.87. The molecule has 1 aliphatic heterocycles. The van der Waals surface area contributed by atoms with Gasteiger partial charge in [0.05, 0.1) is 10.5 Å². The Labute approximate surface area is 161 Å². The lowest BCUT2D eigenvalue weighted by molar-refractivity contribution is -0.384. The lowest BCUT2D eigenvalue weighted by atomic mass is 9.94. The van der Waals surface area contributed by atoms with Gasteiger partial charge in [-0.25, -0.2) is 9.48 Å². The third-order valence-corrected chi connectivity index (χ3v) is 5.24. The SMILES string of the molecule is CC1=C(C(=O)OC2CCCCC2)[C@H](c2cccc([N+](=O)[O-])c2)n2ncnc2N1. The van der Waals surface area contributed by atoms with Crippen molar-refractivity contribution in [1.29, 1.82) is 0 Å². The van der Waals surface area contributed by atoms with Crippen molar-refractivity contribution < 1.29 is 14.5 Å². The highest BCUT2D eigenvalue weighted by Gasteiger charge is 2.36. The van der Waals surface area contributed by atoms with E-state index in [1.54, 1.807) is 23.7 Å². The average Bonchev–Trinajstić information content (AvgIpc) is 3.15. The van der Waals surface area contributed by atoms with Gasteiger partial charge in [-0.3, -0.25) is 10.1 Å². The summed E-state index contributed by atoms with van der Waals surface area (Å²) in [4.78, 5) is 28.0. The van der Waals surface area contributed by atoms with E-state index in [0.717, 1.165) is 32.1 Å². The Kier molecular flexibility index (Phi) is 4.81. The molecule has 4 rings (SSSR count). The Bertz CT molecular complexity index is 945. The topological polar surface area (TPSA) is 112 Å². The number of benzene rings is 1. The first-order chi connectivity index (χ1) is 13.5. The van der Waals surface area contributed by atoms with E-state index in [1.165, 1.54) is 18.5 Å². The van der Waals surface area contributed by atoms with Crippen LogP contribution in [0.25, 0.3) is 0 Å². The van der Waals surface area contributed by atoms with Crippen LogP contribution >= 0.6 is 0 Å². The molecule has 0 unspecified atom stereocenters. The summed E-state index contributed by atoms with van der Waals surface area (Å²) in [6.45, 7) is 1.78. The van der Waals surface area contributed by atoms with Gasteiger partial charge in [-0.2, -0.15) is 10.1 Å². The Hall–Kier alpha value is -3.23. The van der Waals surface area contributed by atoms with Crippen molar-refractivity contribution in [2.45, 2.75) is 51.2 Å². The number of nitrogens with zero attached hydrogens (tertiary/aromatic N) is 4. The molecule has 0 bridgehead atoms. The van der Waals surface area contributed by atoms with E-state index in [1.807, 2.05) is 0 Å².